The van der Waals surface area contributed by atoms with Crippen LogP contribution >= 0.6 is 0 Å². The number of hydrogen-bond acceptors (Lipinski definition) is 4. The molecule has 0 bridgehead atoms. The number of amides is 1. The third kappa shape index (κ3) is 3.42. The second-order valence-electron chi connectivity index (χ2n) is 7.63. The maximum absolute atomic E-state index is 13.4. The van der Waals surface area contributed by atoms with Crippen LogP contribution in [0.1, 0.15) is 51.9 Å². The van der Waals surface area contributed by atoms with E-state index in [-0.39, 0.29) is 17.4 Å². The number of aromatic amines is 1. The summed E-state index contributed by atoms with van der Waals surface area (Å²) in [4.78, 5) is 38.9. The Labute approximate surface area is 163 Å². The zero-order chi connectivity index (χ0) is 19.8. The van der Waals surface area contributed by atoms with Crippen molar-refractivity contribution >= 4 is 16.8 Å². The van der Waals surface area contributed by atoms with Gasteiger partial charge in [-0.3, -0.25) is 14.6 Å². The van der Waals surface area contributed by atoms with Gasteiger partial charge in [0.05, 0.1) is 16.8 Å². The smallest absolute Gasteiger partial charge is 0.254 e. The van der Waals surface area contributed by atoms with Crippen molar-refractivity contribution in [2.24, 2.45) is 0 Å². The molecule has 144 valence electrons. The lowest BCUT2D eigenvalue weighted by atomic mass is 9.93. The third-order valence-electron chi connectivity index (χ3n) is 5.41. The van der Waals surface area contributed by atoms with Gasteiger partial charge in [0.15, 0.2) is 0 Å². The molecule has 1 saturated heterocycles. The third-order valence-corrected chi connectivity index (χ3v) is 5.41. The molecule has 1 aliphatic rings. The van der Waals surface area contributed by atoms with Crippen LogP contribution in [-0.4, -0.2) is 38.8 Å². The topological polar surface area (TPSA) is 79.0 Å². The minimum absolute atomic E-state index is 0.0207. The van der Waals surface area contributed by atoms with Crippen molar-refractivity contribution in [1.82, 2.24) is 19.9 Å². The summed E-state index contributed by atoms with van der Waals surface area (Å²) >= 11 is 0. The summed E-state index contributed by atoms with van der Waals surface area (Å²) in [5.41, 5.74) is 4.11. The number of piperidine rings is 1. The van der Waals surface area contributed by atoms with Gasteiger partial charge in [0.25, 0.3) is 11.5 Å². The molecule has 0 radical (unpaired) electrons. The number of nitrogens with zero attached hydrogens (tertiary/aromatic N) is 3. The molecule has 3 aromatic rings. The molecule has 0 saturated carbocycles. The van der Waals surface area contributed by atoms with E-state index in [9.17, 15) is 9.59 Å². The zero-order valence-corrected chi connectivity index (χ0v) is 16.5. The molecule has 0 spiro atoms. The maximum atomic E-state index is 13.4. The monoisotopic (exact) mass is 376 g/mol. The van der Waals surface area contributed by atoms with Crippen molar-refractivity contribution in [3.05, 3.63) is 69.0 Å². The molecule has 1 amide bonds. The molecule has 2 aromatic heterocycles. The number of hydrogen-bond donors (Lipinski definition) is 1. The van der Waals surface area contributed by atoms with Crippen LogP contribution in [0.2, 0.25) is 0 Å². The van der Waals surface area contributed by atoms with Gasteiger partial charge in [-0.1, -0.05) is 18.2 Å². The second kappa shape index (κ2) is 7.19. The Morgan fingerprint density at radius 3 is 2.79 bits per heavy atom. The number of aryl methyl sites for hydroxylation is 3. The number of pyridine rings is 1. The standard InChI is InChI=1S/C22H24N4O2/c1-13-6-4-8-17-18(10-14(2)23-21(13)17)22(28)26-9-5-7-16(12-26)19-11-20(27)25-15(3)24-19/h4,6,8,10-11,16H,5,7,9,12H2,1-3H3,(H,24,25,27)/t16-/m1/s1. The Hall–Kier alpha value is -3.02. The molecule has 6 nitrogen and oxygen atoms in total. The van der Waals surface area contributed by atoms with Crippen molar-refractivity contribution in [1.29, 1.82) is 0 Å². The molecule has 28 heavy (non-hydrogen) atoms. The van der Waals surface area contributed by atoms with E-state index in [1.807, 2.05) is 43.0 Å². The molecule has 1 aliphatic heterocycles. The highest BCUT2D eigenvalue weighted by atomic mass is 16.2. The van der Waals surface area contributed by atoms with E-state index in [4.69, 9.17) is 0 Å². The lowest BCUT2D eigenvalue weighted by Gasteiger charge is -2.33. The summed E-state index contributed by atoms with van der Waals surface area (Å²) < 4.78 is 0. The van der Waals surface area contributed by atoms with Gasteiger partial charge in [-0.25, -0.2) is 4.98 Å². The van der Waals surface area contributed by atoms with Gasteiger partial charge in [-0.15, -0.1) is 0 Å². The first-order chi connectivity index (χ1) is 13.4. The second-order valence-corrected chi connectivity index (χ2v) is 7.63. The van der Waals surface area contributed by atoms with Crippen molar-refractivity contribution in [2.75, 3.05) is 13.1 Å². The van der Waals surface area contributed by atoms with Crippen LogP contribution < -0.4 is 5.56 Å². The van der Waals surface area contributed by atoms with Crippen molar-refractivity contribution in [3.63, 3.8) is 0 Å². The van der Waals surface area contributed by atoms with Gasteiger partial charge in [0.1, 0.15) is 5.82 Å². The van der Waals surface area contributed by atoms with Crippen LogP contribution in [-0.2, 0) is 0 Å². The first-order valence-electron chi connectivity index (χ1n) is 9.66. The molecule has 1 atom stereocenters. The number of carbonyl (C=O) groups excluding carboxylic acids is 1. The van der Waals surface area contributed by atoms with Crippen molar-refractivity contribution in [2.45, 2.75) is 39.5 Å². The van der Waals surface area contributed by atoms with Crippen LogP contribution in [0.25, 0.3) is 10.9 Å². The molecule has 1 fully saturated rings. The fourth-order valence-corrected chi connectivity index (χ4v) is 4.08. The number of benzene rings is 1. The van der Waals surface area contributed by atoms with E-state index in [1.165, 1.54) is 0 Å². The Morgan fingerprint density at radius 2 is 2.00 bits per heavy atom. The number of nitrogens with one attached hydrogen (secondary N) is 1. The van der Waals surface area contributed by atoms with Gasteiger partial charge < -0.3 is 9.88 Å². The number of likely N-dealkylation sites (tertiary alicyclic amines) is 1. The molecule has 1 N–H and O–H groups in total. The Balaban J connectivity index is 1.68. The van der Waals surface area contributed by atoms with E-state index in [0.717, 1.165) is 40.7 Å². The highest BCUT2D eigenvalue weighted by Gasteiger charge is 2.28. The van der Waals surface area contributed by atoms with Gasteiger partial charge in [0.2, 0.25) is 0 Å². The van der Waals surface area contributed by atoms with Gasteiger partial charge in [-0.05, 0) is 45.2 Å². The molecule has 0 aliphatic carbocycles. The van der Waals surface area contributed by atoms with Gasteiger partial charge in [0, 0.05) is 36.2 Å². The molecular weight excluding hydrogens is 352 g/mol. The Kier molecular flexibility index (Phi) is 4.71. The summed E-state index contributed by atoms with van der Waals surface area (Å²) in [6.07, 6.45) is 1.82. The summed E-state index contributed by atoms with van der Waals surface area (Å²) in [5.74, 6) is 0.708. The quantitative estimate of drug-likeness (QED) is 0.744. The Morgan fingerprint density at radius 1 is 1.18 bits per heavy atom. The minimum atomic E-state index is -0.142. The predicted molar refractivity (Wildman–Crippen MR) is 109 cm³/mol. The van der Waals surface area contributed by atoms with E-state index in [0.29, 0.717) is 24.5 Å². The summed E-state index contributed by atoms with van der Waals surface area (Å²) in [5, 5.41) is 0.892. The van der Waals surface area contributed by atoms with E-state index in [2.05, 4.69) is 15.0 Å². The predicted octanol–water partition coefficient (Wildman–Crippen LogP) is 3.26. The molecule has 6 heteroatoms. The summed E-state index contributed by atoms with van der Waals surface area (Å²) in [7, 11) is 0. The van der Waals surface area contributed by atoms with Gasteiger partial charge >= 0.3 is 0 Å². The summed E-state index contributed by atoms with van der Waals surface area (Å²) in [6, 6.07) is 9.38. The van der Waals surface area contributed by atoms with Crippen LogP contribution in [0.4, 0.5) is 0 Å². The number of fused-ring (bicyclic) bond motifs is 1. The number of para-hydroxylation sites is 1. The fourth-order valence-electron chi connectivity index (χ4n) is 4.08. The molecule has 0 unspecified atom stereocenters. The van der Waals surface area contributed by atoms with Crippen LogP contribution in [0, 0.1) is 20.8 Å². The largest absolute Gasteiger partial charge is 0.338 e. The zero-order valence-electron chi connectivity index (χ0n) is 16.5. The lowest BCUT2D eigenvalue weighted by Crippen LogP contribution is -2.39. The fraction of sp³-hybridized carbons (Fsp3) is 0.364. The maximum Gasteiger partial charge on any atom is 0.254 e. The number of carbonyl (C=O) groups is 1. The Bertz CT molecular complexity index is 1120. The van der Waals surface area contributed by atoms with E-state index < -0.39 is 0 Å². The molecular formula is C22H24N4O2. The van der Waals surface area contributed by atoms with Crippen molar-refractivity contribution in [3.8, 4) is 0 Å². The number of aromatic nitrogens is 3. The molecule has 4 rings (SSSR count). The average Bonchev–Trinajstić information content (AvgIpc) is 2.67. The highest BCUT2D eigenvalue weighted by Crippen LogP contribution is 2.28. The minimum Gasteiger partial charge on any atom is -0.338 e. The average molecular weight is 376 g/mol. The molecule has 1 aromatic carbocycles. The van der Waals surface area contributed by atoms with Crippen LogP contribution in [0.15, 0.2) is 35.1 Å². The lowest BCUT2D eigenvalue weighted by molar-refractivity contribution is 0.0707. The molecule has 3 heterocycles. The normalized spacial score (nSPS) is 17.1. The summed E-state index contributed by atoms with van der Waals surface area (Å²) in [6.45, 7) is 7.01. The van der Waals surface area contributed by atoms with Crippen LogP contribution in [0.3, 0.4) is 0 Å². The van der Waals surface area contributed by atoms with Crippen molar-refractivity contribution < 1.29 is 4.79 Å². The number of rotatable bonds is 2. The van der Waals surface area contributed by atoms with Gasteiger partial charge in [-0.2, -0.15) is 0 Å². The highest BCUT2D eigenvalue weighted by molar-refractivity contribution is 6.06. The van der Waals surface area contributed by atoms with Crippen LogP contribution in [0.5, 0.6) is 0 Å². The first kappa shape index (κ1) is 18.3. The number of H-pyrrole nitrogens is 1. The van der Waals surface area contributed by atoms with E-state index in [1.54, 1.807) is 13.0 Å². The van der Waals surface area contributed by atoms with E-state index >= 15 is 0 Å². The first-order valence-corrected chi connectivity index (χ1v) is 9.66. The SMILES string of the molecule is Cc1cc(C(=O)N2CCC[C@@H](c3cc(=O)[nH]c(C)n3)C2)c2cccc(C)c2n1.